The number of nitrogens with one attached hydrogen (secondary N) is 2. The van der Waals surface area contributed by atoms with Gasteiger partial charge in [0.05, 0.1) is 6.61 Å². The lowest BCUT2D eigenvalue weighted by Gasteiger charge is -2.34. The Morgan fingerprint density at radius 2 is 1.79 bits per heavy atom. The first kappa shape index (κ1) is 21.3. The number of ether oxygens (including phenoxy) is 2. The normalized spacial score (nSPS) is 15.6. The Labute approximate surface area is 173 Å². The Hall–Kier alpha value is -2.37. The predicted molar refractivity (Wildman–Crippen MR) is 115 cm³/mol. The van der Waals surface area contributed by atoms with Crippen molar-refractivity contribution in [2.75, 3.05) is 33.4 Å². The van der Waals surface area contributed by atoms with Crippen LogP contribution in [-0.4, -0.2) is 44.9 Å². The maximum absolute atomic E-state index is 12.6. The molecule has 0 saturated carbocycles. The van der Waals surface area contributed by atoms with Gasteiger partial charge in [-0.3, -0.25) is 4.79 Å². The number of benzene rings is 2. The molecule has 1 amide bonds. The van der Waals surface area contributed by atoms with E-state index < -0.39 is 5.60 Å². The molecular formula is C24H32N2O3. The number of aryl methyl sites for hydroxylation is 1. The van der Waals surface area contributed by atoms with Crippen molar-refractivity contribution in [3.05, 3.63) is 65.7 Å². The second kappa shape index (κ2) is 11.0. The highest BCUT2D eigenvalue weighted by Crippen LogP contribution is 2.22. The summed E-state index contributed by atoms with van der Waals surface area (Å²) < 4.78 is 11.5. The number of methoxy groups -OCH3 is 1. The minimum absolute atomic E-state index is 0.00480. The van der Waals surface area contributed by atoms with Gasteiger partial charge in [0.1, 0.15) is 11.4 Å². The topological polar surface area (TPSA) is 59.6 Å². The fourth-order valence-electron chi connectivity index (χ4n) is 3.74. The van der Waals surface area contributed by atoms with Crippen molar-refractivity contribution in [1.29, 1.82) is 0 Å². The molecule has 2 aromatic carbocycles. The zero-order chi connectivity index (χ0) is 20.4. The average Bonchev–Trinajstić information content (AvgIpc) is 2.78. The van der Waals surface area contributed by atoms with Gasteiger partial charge in [-0.15, -0.1) is 0 Å². The van der Waals surface area contributed by atoms with Gasteiger partial charge in [0.2, 0.25) is 0 Å². The molecule has 2 N–H and O–H groups in total. The third-order valence-electron chi connectivity index (χ3n) is 5.53. The number of piperidine rings is 1. The van der Waals surface area contributed by atoms with Crippen LogP contribution < -0.4 is 15.4 Å². The van der Waals surface area contributed by atoms with Gasteiger partial charge in [0.15, 0.2) is 0 Å². The maximum Gasteiger partial charge on any atom is 0.252 e. The van der Waals surface area contributed by atoms with Gasteiger partial charge >= 0.3 is 0 Å². The largest absolute Gasteiger partial charge is 0.494 e. The van der Waals surface area contributed by atoms with E-state index >= 15 is 0 Å². The Balaban J connectivity index is 1.40. The van der Waals surface area contributed by atoms with Crippen LogP contribution in [0.25, 0.3) is 0 Å². The van der Waals surface area contributed by atoms with Crippen LogP contribution in [0.15, 0.2) is 54.6 Å². The molecule has 5 nitrogen and oxygen atoms in total. The molecule has 156 valence electrons. The van der Waals surface area contributed by atoms with E-state index in [0.717, 1.165) is 43.7 Å². The number of carbonyl (C=O) groups excluding carboxylic acids is 1. The molecule has 3 rings (SSSR count). The van der Waals surface area contributed by atoms with Crippen LogP contribution in [0.5, 0.6) is 5.75 Å². The van der Waals surface area contributed by atoms with E-state index in [1.54, 1.807) is 7.11 Å². The summed E-state index contributed by atoms with van der Waals surface area (Å²) in [6.45, 7) is 2.91. The maximum atomic E-state index is 12.6. The van der Waals surface area contributed by atoms with E-state index in [1.807, 2.05) is 18.2 Å². The fraction of sp³-hybridized carbons (Fsp3) is 0.458. The average molecular weight is 397 g/mol. The molecule has 2 aromatic rings. The molecule has 0 unspecified atom stereocenters. The molecule has 1 aliphatic rings. The van der Waals surface area contributed by atoms with Crippen molar-refractivity contribution in [3.63, 3.8) is 0 Å². The summed E-state index contributed by atoms with van der Waals surface area (Å²) in [5.41, 5.74) is 1.81. The second-order valence-electron chi connectivity index (χ2n) is 7.54. The lowest BCUT2D eigenvalue weighted by molar-refractivity contribution is -0.146. The third kappa shape index (κ3) is 6.31. The van der Waals surface area contributed by atoms with Crippen LogP contribution >= 0.6 is 0 Å². The molecule has 0 aromatic heterocycles. The molecule has 1 heterocycles. The van der Waals surface area contributed by atoms with Gasteiger partial charge in [0.25, 0.3) is 5.91 Å². The van der Waals surface area contributed by atoms with E-state index in [0.29, 0.717) is 26.0 Å². The van der Waals surface area contributed by atoms with Gasteiger partial charge in [0, 0.05) is 13.7 Å². The molecule has 0 bridgehead atoms. The molecule has 0 spiro atoms. The van der Waals surface area contributed by atoms with Crippen LogP contribution in [0.3, 0.4) is 0 Å². The van der Waals surface area contributed by atoms with Gasteiger partial charge in [-0.2, -0.15) is 0 Å². The smallest absolute Gasteiger partial charge is 0.252 e. The summed E-state index contributed by atoms with van der Waals surface area (Å²) in [4.78, 5) is 12.6. The lowest BCUT2D eigenvalue weighted by Crippen LogP contribution is -2.54. The zero-order valence-corrected chi connectivity index (χ0v) is 17.3. The van der Waals surface area contributed by atoms with Crippen LogP contribution in [0.2, 0.25) is 0 Å². The summed E-state index contributed by atoms with van der Waals surface area (Å²) in [6.07, 6.45) is 4.19. The summed E-state index contributed by atoms with van der Waals surface area (Å²) >= 11 is 0. The summed E-state index contributed by atoms with van der Waals surface area (Å²) in [7, 11) is 1.63. The predicted octanol–water partition coefficient (Wildman–Crippen LogP) is 3.13. The Bertz CT molecular complexity index is 758. The summed E-state index contributed by atoms with van der Waals surface area (Å²) in [5, 5.41) is 6.32. The molecule has 1 aliphatic heterocycles. The van der Waals surface area contributed by atoms with Crippen LogP contribution in [0.1, 0.15) is 30.4 Å². The van der Waals surface area contributed by atoms with E-state index in [2.05, 4.69) is 47.0 Å². The van der Waals surface area contributed by atoms with E-state index in [4.69, 9.17) is 9.47 Å². The molecule has 1 fully saturated rings. The lowest BCUT2D eigenvalue weighted by atomic mass is 9.91. The molecule has 0 radical (unpaired) electrons. The fourth-order valence-corrected chi connectivity index (χ4v) is 3.74. The van der Waals surface area contributed by atoms with Gasteiger partial charge in [-0.1, -0.05) is 42.5 Å². The monoisotopic (exact) mass is 396 g/mol. The highest BCUT2D eigenvalue weighted by Gasteiger charge is 2.39. The quantitative estimate of drug-likeness (QED) is 0.606. The summed E-state index contributed by atoms with van der Waals surface area (Å²) in [5.74, 6) is 0.878. The Kier molecular flexibility index (Phi) is 8.08. The van der Waals surface area contributed by atoms with Crippen LogP contribution in [-0.2, 0) is 22.4 Å². The second-order valence-corrected chi connectivity index (χ2v) is 7.54. The highest BCUT2D eigenvalue weighted by atomic mass is 16.5. The number of carbonyl (C=O) groups is 1. The van der Waals surface area contributed by atoms with Gasteiger partial charge in [-0.25, -0.2) is 0 Å². The first-order valence-electron chi connectivity index (χ1n) is 10.5. The van der Waals surface area contributed by atoms with Crippen LogP contribution in [0.4, 0.5) is 0 Å². The van der Waals surface area contributed by atoms with Crippen molar-refractivity contribution >= 4 is 5.91 Å². The van der Waals surface area contributed by atoms with Crippen molar-refractivity contribution in [2.45, 2.75) is 37.7 Å². The first-order chi connectivity index (χ1) is 14.2. The van der Waals surface area contributed by atoms with E-state index in [9.17, 15) is 4.79 Å². The molecule has 5 heteroatoms. The first-order valence-corrected chi connectivity index (χ1v) is 10.5. The number of rotatable bonds is 10. The van der Waals surface area contributed by atoms with E-state index in [-0.39, 0.29) is 5.91 Å². The van der Waals surface area contributed by atoms with Crippen molar-refractivity contribution < 1.29 is 14.3 Å². The minimum atomic E-state index is -0.686. The Morgan fingerprint density at radius 1 is 1.03 bits per heavy atom. The molecule has 29 heavy (non-hydrogen) atoms. The summed E-state index contributed by atoms with van der Waals surface area (Å²) in [6, 6.07) is 18.6. The highest BCUT2D eigenvalue weighted by molar-refractivity contribution is 5.85. The number of amides is 1. The Morgan fingerprint density at radius 3 is 2.55 bits per heavy atom. The minimum Gasteiger partial charge on any atom is -0.494 e. The number of hydrogen-bond acceptors (Lipinski definition) is 4. The van der Waals surface area contributed by atoms with E-state index in [1.165, 1.54) is 5.56 Å². The van der Waals surface area contributed by atoms with Crippen LogP contribution in [0, 0.1) is 0 Å². The van der Waals surface area contributed by atoms with Crippen molar-refractivity contribution in [3.8, 4) is 5.75 Å². The van der Waals surface area contributed by atoms with Gasteiger partial charge in [-0.05, 0) is 68.5 Å². The third-order valence-corrected chi connectivity index (χ3v) is 5.53. The molecular weight excluding hydrogens is 364 g/mol. The molecule has 0 atom stereocenters. The standard InChI is InChI=1S/C24H32N2O3/c1-28-24(13-16-25-17-14-24)23(27)26-15-12-21-9-5-11-22(19-21)29-18-6-10-20-7-3-2-4-8-20/h2-5,7-9,11,19,25H,6,10,12-18H2,1H3,(H,26,27). The molecule has 0 aliphatic carbocycles. The number of hydrogen-bond donors (Lipinski definition) is 2. The zero-order valence-electron chi connectivity index (χ0n) is 17.3. The van der Waals surface area contributed by atoms with Gasteiger partial charge < -0.3 is 20.1 Å². The van der Waals surface area contributed by atoms with Crippen molar-refractivity contribution in [1.82, 2.24) is 10.6 Å². The van der Waals surface area contributed by atoms with Crippen molar-refractivity contribution in [2.24, 2.45) is 0 Å². The SMILES string of the molecule is COC1(C(=O)NCCc2cccc(OCCCc3ccccc3)c2)CCNCC1. The molecule has 1 saturated heterocycles.